The van der Waals surface area contributed by atoms with Gasteiger partial charge in [-0.3, -0.25) is 4.79 Å². The van der Waals surface area contributed by atoms with E-state index in [0.29, 0.717) is 6.54 Å². The summed E-state index contributed by atoms with van der Waals surface area (Å²) < 4.78 is 0.236. The van der Waals surface area contributed by atoms with Crippen molar-refractivity contribution in [3.63, 3.8) is 0 Å². The number of rotatable bonds is 3. The lowest BCUT2D eigenvalue weighted by molar-refractivity contribution is 0.0950. The monoisotopic (exact) mass is 269 g/mol. The maximum atomic E-state index is 11.6. The number of benzene rings is 1. The first-order chi connectivity index (χ1) is 8.15. The van der Waals surface area contributed by atoms with Gasteiger partial charge in [-0.1, -0.05) is 23.5 Å². The van der Waals surface area contributed by atoms with Gasteiger partial charge in [-0.15, -0.1) is 10.2 Å². The van der Waals surface area contributed by atoms with E-state index in [1.807, 2.05) is 0 Å². The van der Waals surface area contributed by atoms with Crippen molar-refractivity contribution in [3.8, 4) is 5.75 Å². The van der Waals surface area contributed by atoms with E-state index < -0.39 is 0 Å². The van der Waals surface area contributed by atoms with E-state index in [1.54, 1.807) is 24.3 Å². The summed E-state index contributed by atoms with van der Waals surface area (Å²) in [6, 6.07) is 6.57. The Hall–Kier alpha value is -1.66. The van der Waals surface area contributed by atoms with Crippen molar-refractivity contribution in [3.05, 3.63) is 39.3 Å². The number of nitrogens with one attached hydrogen (secondary N) is 1. The van der Waals surface area contributed by atoms with Crippen LogP contribution in [0.1, 0.15) is 15.4 Å². The van der Waals surface area contributed by atoms with Gasteiger partial charge in [0.25, 0.3) is 5.91 Å². The van der Waals surface area contributed by atoms with Gasteiger partial charge in [0.05, 0.1) is 0 Å². The van der Waals surface area contributed by atoms with Gasteiger partial charge in [-0.05, 0) is 29.3 Å². The number of hydrogen-bond donors (Lipinski definition) is 2. The Morgan fingerprint density at radius 1 is 1.35 bits per heavy atom. The average molecular weight is 270 g/mol. The van der Waals surface area contributed by atoms with Crippen molar-refractivity contribution in [1.82, 2.24) is 15.5 Å². The number of carbonyl (C=O) groups is 1. The third-order valence-electron chi connectivity index (χ3n) is 1.98. The van der Waals surface area contributed by atoms with Crippen LogP contribution in [0.3, 0.4) is 0 Å². The molecule has 7 heteroatoms. The maximum Gasteiger partial charge on any atom is 0.282 e. The van der Waals surface area contributed by atoms with Crippen molar-refractivity contribution in [2.24, 2.45) is 0 Å². The molecule has 1 heterocycles. The Morgan fingerprint density at radius 2 is 2.06 bits per heavy atom. The number of phenols is 1. The molecule has 0 radical (unpaired) electrons. The van der Waals surface area contributed by atoms with Crippen LogP contribution in [0.2, 0.25) is 4.47 Å². The van der Waals surface area contributed by atoms with Crippen LogP contribution in [0, 0.1) is 0 Å². The summed E-state index contributed by atoms with van der Waals surface area (Å²) in [6.07, 6.45) is 0. The van der Waals surface area contributed by atoms with E-state index >= 15 is 0 Å². The quantitative estimate of drug-likeness (QED) is 0.891. The molecule has 2 aromatic rings. The highest BCUT2D eigenvalue weighted by atomic mass is 35.5. The highest BCUT2D eigenvalue weighted by Gasteiger charge is 2.11. The van der Waals surface area contributed by atoms with E-state index in [4.69, 9.17) is 16.7 Å². The van der Waals surface area contributed by atoms with Crippen LogP contribution in [0.15, 0.2) is 24.3 Å². The molecule has 2 rings (SSSR count). The SMILES string of the molecule is O=C(NCc1ccc(O)cc1)c1nnc(Cl)s1. The van der Waals surface area contributed by atoms with Gasteiger partial charge in [0.1, 0.15) is 5.75 Å². The van der Waals surface area contributed by atoms with Crippen LogP contribution in [-0.4, -0.2) is 21.2 Å². The van der Waals surface area contributed by atoms with Crippen LogP contribution in [0.4, 0.5) is 0 Å². The molecule has 0 aliphatic heterocycles. The van der Waals surface area contributed by atoms with Crippen LogP contribution < -0.4 is 5.32 Å². The zero-order valence-corrected chi connectivity index (χ0v) is 10.1. The molecule has 0 fully saturated rings. The number of nitrogens with zero attached hydrogens (tertiary/aromatic N) is 2. The molecule has 0 atom stereocenters. The van der Waals surface area contributed by atoms with E-state index in [1.165, 1.54) is 0 Å². The van der Waals surface area contributed by atoms with Crippen molar-refractivity contribution in [1.29, 1.82) is 0 Å². The molecule has 1 amide bonds. The second kappa shape index (κ2) is 5.11. The van der Waals surface area contributed by atoms with Gasteiger partial charge >= 0.3 is 0 Å². The number of phenolic OH excluding ortho intramolecular Hbond substituents is 1. The van der Waals surface area contributed by atoms with Crippen LogP contribution >= 0.6 is 22.9 Å². The summed E-state index contributed by atoms with van der Waals surface area (Å²) in [6.45, 7) is 0.357. The Bertz CT molecular complexity index is 527. The van der Waals surface area contributed by atoms with Gasteiger partial charge in [0.15, 0.2) is 0 Å². The standard InChI is InChI=1S/C10H8ClN3O2S/c11-10-14-13-9(17-10)8(16)12-5-6-1-3-7(15)4-2-6/h1-4,15H,5H2,(H,12,16). The van der Waals surface area contributed by atoms with Gasteiger partial charge in [0, 0.05) is 6.54 Å². The van der Waals surface area contributed by atoms with E-state index in [-0.39, 0.29) is 21.1 Å². The minimum Gasteiger partial charge on any atom is -0.508 e. The van der Waals surface area contributed by atoms with Gasteiger partial charge in [-0.2, -0.15) is 0 Å². The van der Waals surface area contributed by atoms with Crippen molar-refractivity contribution in [2.45, 2.75) is 6.54 Å². The number of aromatic nitrogens is 2. The third-order valence-corrected chi connectivity index (χ3v) is 3.00. The van der Waals surface area contributed by atoms with E-state index in [9.17, 15) is 4.79 Å². The second-order valence-corrected chi connectivity index (χ2v) is 4.77. The molecule has 5 nitrogen and oxygen atoms in total. The van der Waals surface area contributed by atoms with Crippen LogP contribution in [0.25, 0.3) is 0 Å². The normalized spacial score (nSPS) is 10.2. The predicted octanol–water partition coefficient (Wildman–Crippen LogP) is 1.83. The van der Waals surface area contributed by atoms with Crippen LogP contribution in [0.5, 0.6) is 5.75 Å². The Balaban J connectivity index is 1.94. The van der Waals surface area contributed by atoms with Gasteiger partial charge < -0.3 is 10.4 Å². The number of aromatic hydroxyl groups is 1. The van der Waals surface area contributed by atoms with Crippen molar-refractivity contribution in [2.75, 3.05) is 0 Å². The first kappa shape index (κ1) is 11.8. The summed E-state index contributed by atoms with van der Waals surface area (Å²) in [5.74, 6) is -0.126. The molecule has 0 aliphatic carbocycles. The number of amides is 1. The minimum absolute atomic E-state index is 0.191. The molecule has 0 saturated heterocycles. The van der Waals surface area contributed by atoms with Crippen molar-refractivity contribution < 1.29 is 9.90 Å². The largest absolute Gasteiger partial charge is 0.508 e. The molecule has 17 heavy (non-hydrogen) atoms. The molecule has 0 unspecified atom stereocenters. The summed E-state index contributed by atoms with van der Waals surface area (Å²) in [5.41, 5.74) is 0.881. The Labute approximate surface area is 106 Å². The van der Waals surface area contributed by atoms with E-state index in [2.05, 4.69) is 15.5 Å². The molecule has 0 spiro atoms. The fourth-order valence-electron chi connectivity index (χ4n) is 1.17. The van der Waals surface area contributed by atoms with E-state index in [0.717, 1.165) is 16.9 Å². The lowest BCUT2D eigenvalue weighted by atomic mass is 10.2. The minimum atomic E-state index is -0.317. The zero-order chi connectivity index (χ0) is 12.3. The fourth-order valence-corrected chi connectivity index (χ4v) is 1.91. The highest BCUT2D eigenvalue weighted by Crippen LogP contribution is 2.15. The first-order valence-electron chi connectivity index (χ1n) is 4.70. The molecule has 0 aliphatic rings. The molecule has 1 aromatic carbocycles. The zero-order valence-electron chi connectivity index (χ0n) is 8.55. The third kappa shape index (κ3) is 3.15. The number of carbonyl (C=O) groups excluding carboxylic acids is 1. The lowest BCUT2D eigenvalue weighted by Gasteiger charge is -2.02. The summed E-state index contributed by atoms with van der Waals surface area (Å²) in [4.78, 5) is 11.6. The Morgan fingerprint density at radius 3 is 2.65 bits per heavy atom. The molecule has 2 N–H and O–H groups in total. The lowest BCUT2D eigenvalue weighted by Crippen LogP contribution is -2.22. The molecule has 0 bridgehead atoms. The molecule has 88 valence electrons. The number of halogens is 1. The number of hydrogen-bond acceptors (Lipinski definition) is 5. The molecular formula is C10H8ClN3O2S. The van der Waals surface area contributed by atoms with Gasteiger partial charge in [-0.25, -0.2) is 0 Å². The summed E-state index contributed by atoms with van der Waals surface area (Å²) in [5, 5.41) is 19.2. The summed E-state index contributed by atoms with van der Waals surface area (Å²) >= 11 is 6.60. The van der Waals surface area contributed by atoms with Crippen molar-refractivity contribution >= 4 is 28.8 Å². The molecule has 0 saturated carbocycles. The topological polar surface area (TPSA) is 75.1 Å². The second-order valence-electron chi connectivity index (χ2n) is 3.21. The molecule has 1 aromatic heterocycles. The molecular weight excluding hydrogens is 262 g/mol. The fraction of sp³-hybridized carbons (Fsp3) is 0.100. The predicted molar refractivity (Wildman–Crippen MR) is 64.2 cm³/mol. The average Bonchev–Trinajstić information content (AvgIpc) is 2.75. The smallest absolute Gasteiger partial charge is 0.282 e. The Kier molecular flexibility index (Phi) is 3.55. The highest BCUT2D eigenvalue weighted by molar-refractivity contribution is 7.17. The maximum absolute atomic E-state index is 11.6. The van der Waals surface area contributed by atoms with Crippen LogP contribution in [-0.2, 0) is 6.54 Å². The van der Waals surface area contributed by atoms with Gasteiger partial charge in [0.2, 0.25) is 9.47 Å². The summed E-state index contributed by atoms with van der Waals surface area (Å²) in [7, 11) is 0. The first-order valence-corrected chi connectivity index (χ1v) is 5.90.